The first-order valence-electron chi connectivity index (χ1n) is 8.21. The molecule has 0 amide bonds. The van der Waals surface area contributed by atoms with Gasteiger partial charge in [0, 0.05) is 32.5 Å². The highest BCUT2D eigenvalue weighted by molar-refractivity contribution is 14.0. The van der Waals surface area contributed by atoms with Crippen LogP contribution >= 0.6 is 24.0 Å². The lowest BCUT2D eigenvalue weighted by Crippen LogP contribution is -2.39. The zero-order valence-corrected chi connectivity index (χ0v) is 17.2. The smallest absolute Gasteiger partial charge is 0.416 e. The zero-order valence-electron chi connectivity index (χ0n) is 14.9. The largest absolute Gasteiger partial charge is 0.492 e. The number of aryl methyl sites for hydroxylation is 1. The molecule has 0 unspecified atom stereocenters. The third-order valence-corrected chi connectivity index (χ3v) is 3.46. The van der Waals surface area contributed by atoms with Gasteiger partial charge in [-0.05, 0) is 30.7 Å². The first-order valence-corrected chi connectivity index (χ1v) is 8.21. The van der Waals surface area contributed by atoms with E-state index < -0.39 is 11.7 Å². The number of rotatable bonds is 8. The molecule has 0 aliphatic carbocycles. The lowest BCUT2D eigenvalue weighted by Gasteiger charge is -2.13. The summed E-state index contributed by atoms with van der Waals surface area (Å²) in [5, 5.41) is 10.3. The predicted molar refractivity (Wildman–Crippen MR) is 109 cm³/mol. The highest BCUT2D eigenvalue weighted by Gasteiger charge is 2.30. The molecular formula is C17H23F3IN5O. The third kappa shape index (κ3) is 8.50. The average molecular weight is 497 g/mol. The molecule has 0 radical (unpaired) electrons. The molecule has 150 valence electrons. The van der Waals surface area contributed by atoms with Crippen molar-refractivity contribution in [1.29, 1.82) is 0 Å². The number of ether oxygens (including phenoxy) is 1. The van der Waals surface area contributed by atoms with Gasteiger partial charge in [0.1, 0.15) is 12.4 Å². The molecule has 1 aromatic heterocycles. The Kier molecular flexibility index (Phi) is 9.97. The van der Waals surface area contributed by atoms with Crippen LogP contribution in [0.4, 0.5) is 13.2 Å². The molecule has 0 aliphatic rings. The van der Waals surface area contributed by atoms with Crippen LogP contribution in [0.3, 0.4) is 0 Å². The van der Waals surface area contributed by atoms with Crippen molar-refractivity contribution in [3.8, 4) is 5.75 Å². The van der Waals surface area contributed by atoms with Crippen molar-refractivity contribution in [1.82, 2.24) is 20.4 Å². The van der Waals surface area contributed by atoms with Crippen molar-refractivity contribution < 1.29 is 17.9 Å². The number of aliphatic imine (C=N–C) groups is 1. The topological polar surface area (TPSA) is 63.5 Å². The van der Waals surface area contributed by atoms with Crippen molar-refractivity contribution in [2.24, 2.45) is 4.99 Å². The molecule has 2 aromatic rings. The summed E-state index contributed by atoms with van der Waals surface area (Å²) in [7, 11) is 1.65. The average Bonchev–Trinajstić information content (AvgIpc) is 3.13. The molecule has 1 heterocycles. The highest BCUT2D eigenvalue weighted by Crippen LogP contribution is 2.31. The summed E-state index contributed by atoms with van der Waals surface area (Å²) >= 11 is 0. The number of benzene rings is 1. The summed E-state index contributed by atoms with van der Waals surface area (Å²) in [6.45, 7) is 2.15. The van der Waals surface area contributed by atoms with Gasteiger partial charge in [0.2, 0.25) is 0 Å². The molecular weight excluding hydrogens is 474 g/mol. The second-order valence-corrected chi connectivity index (χ2v) is 5.42. The van der Waals surface area contributed by atoms with E-state index in [1.807, 2.05) is 16.9 Å². The molecule has 0 saturated heterocycles. The van der Waals surface area contributed by atoms with E-state index in [1.54, 1.807) is 13.2 Å². The van der Waals surface area contributed by atoms with Crippen molar-refractivity contribution in [2.45, 2.75) is 19.1 Å². The molecule has 0 fully saturated rings. The van der Waals surface area contributed by atoms with Crippen molar-refractivity contribution in [3.05, 3.63) is 48.3 Å². The highest BCUT2D eigenvalue weighted by atomic mass is 127. The van der Waals surface area contributed by atoms with E-state index in [2.05, 4.69) is 20.7 Å². The normalized spacial score (nSPS) is 11.6. The van der Waals surface area contributed by atoms with E-state index in [4.69, 9.17) is 4.74 Å². The fraction of sp³-hybridized carbons (Fsp3) is 0.412. The van der Waals surface area contributed by atoms with Crippen molar-refractivity contribution >= 4 is 29.9 Å². The van der Waals surface area contributed by atoms with Gasteiger partial charge in [0.25, 0.3) is 0 Å². The van der Waals surface area contributed by atoms with Gasteiger partial charge in [-0.3, -0.25) is 9.67 Å². The van der Waals surface area contributed by atoms with Crippen LogP contribution in [-0.4, -0.2) is 42.5 Å². The van der Waals surface area contributed by atoms with E-state index in [1.165, 1.54) is 12.1 Å². The van der Waals surface area contributed by atoms with Crippen LogP contribution in [0.1, 0.15) is 12.0 Å². The summed E-state index contributed by atoms with van der Waals surface area (Å²) < 4.78 is 45.1. The molecule has 1 aromatic carbocycles. The number of alkyl halides is 3. The van der Waals surface area contributed by atoms with E-state index in [0.717, 1.165) is 25.1 Å². The molecule has 0 bridgehead atoms. The second kappa shape index (κ2) is 11.7. The number of nitrogens with one attached hydrogen (secondary N) is 2. The Morgan fingerprint density at radius 1 is 1.22 bits per heavy atom. The summed E-state index contributed by atoms with van der Waals surface area (Å²) in [4.78, 5) is 4.08. The molecule has 0 saturated carbocycles. The number of halogens is 4. The molecule has 2 rings (SSSR count). The van der Waals surface area contributed by atoms with Gasteiger partial charge >= 0.3 is 6.18 Å². The Bertz CT molecular complexity index is 692. The quantitative estimate of drug-likeness (QED) is 0.255. The maximum absolute atomic E-state index is 12.6. The molecule has 0 spiro atoms. The van der Waals surface area contributed by atoms with Gasteiger partial charge in [0.15, 0.2) is 5.96 Å². The van der Waals surface area contributed by atoms with Crippen molar-refractivity contribution in [2.75, 3.05) is 26.7 Å². The van der Waals surface area contributed by atoms with Crippen LogP contribution in [0.25, 0.3) is 0 Å². The Hall–Kier alpha value is -1.98. The number of guanidine groups is 1. The lowest BCUT2D eigenvalue weighted by atomic mass is 10.2. The summed E-state index contributed by atoms with van der Waals surface area (Å²) in [6, 6.07) is 6.70. The second-order valence-electron chi connectivity index (χ2n) is 5.42. The van der Waals surface area contributed by atoms with Crippen LogP contribution in [0, 0.1) is 0 Å². The van der Waals surface area contributed by atoms with E-state index >= 15 is 0 Å². The minimum absolute atomic E-state index is 0. The molecule has 27 heavy (non-hydrogen) atoms. The molecule has 10 heteroatoms. The van der Waals surface area contributed by atoms with Crippen molar-refractivity contribution in [3.63, 3.8) is 0 Å². The van der Waals surface area contributed by atoms with E-state index in [-0.39, 0.29) is 36.3 Å². The Labute approximate surface area is 173 Å². The summed E-state index contributed by atoms with van der Waals surface area (Å²) in [6.07, 6.45) is 0.138. The minimum Gasteiger partial charge on any atom is -0.492 e. The summed E-state index contributed by atoms with van der Waals surface area (Å²) in [5.74, 6) is 0.793. The van der Waals surface area contributed by atoms with E-state index in [0.29, 0.717) is 19.0 Å². The molecule has 0 aliphatic heterocycles. The number of aromatic nitrogens is 2. The van der Waals surface area contributed by atoms with Crippen LogP contribution in [0.15, 0.2) is 47.7 Å². The number of hydrogen-bond acceptors (Lipinski definition) is 3. The van der Waals surface area contributed by atoms with Gasteiger partial charge in [0.05, 0.1) is 12.1 Å². The maximum atomic E-state index is 12.6. The van der Waals surface area contributed by atoms with E-state index in [9.17, 15) is 13.2 Å². The maximum Gasteiger partial charge on any atom is 0.416 e. The van der Waals surface area contributed by atoms with Crippen LogP contribution in [-0.2, 0) is 12.7 Å². The summed E-state index contributed by atoms with van der Waals surface area (Å²) in [5.41, 5.74) is -0.724. The van der Waals surface area contributed by atoms with Crippen LogP contribution in [0.5, 0.6) is 5.75 Å². The number of nitrogens with zero attached hydrogens (tertiary/aromatic N) is 3. The fourth-order valence-electron chi connectivity index (χ4n) is 2.20. The first-order chi connectivity index (χ1) is 12.5. The fourth-order valence-corrected chi connectivity index (χ4v) is 2.20. The zero-order chi connectivity index (χ0) is 18.8. The monoisotopic (exact) mass is 497 g/mol. The Morgan fingerprint density at radius 3 is 2.67 bits per heavy atom. The van der Waals surface area contributed by atoms with Gasteiger partial charge in [-0.1, -0.05) is 6.07 Å². The van der Waals surface area contributed by atoms with Gasteiger partial charge in [-0.15, -0.1) is 24.0 Å². The van der Waals surface area contributed by atoms with Crippen LogP contribution in [0.2, 0.25) is 0 Å². The Morgan fingerprint density at radius 2 is 2.00 bits per heavy atom. The molecule has 2 N–H and O–H groups in total. The third-order valence-electron chi connectivity index (χ3n) is 3.46. The van der Waals surface area contributed by atoms with Gasteiger partial charge < -0.3 is 15.4 Å². The minimum atomic E-state index is -4.38. The predicted octanol–water partition coefficient (Wildman–Crippen LogP) is 3.15. The van der Waals surface area contributed by atoms with Crippen LogP contribution < -0.4 is 15.4 Å². The molecule has 0 atom stereocenters. The lowest BCUT2D eigenvalue weighted by molar-refractivity contribution is -0.137. The number of hydrogen-bond donors (Lipinski definition) is 2. The SMILES string of the molecule is CN=C(NCCCn1cccn1)NCCOc1cccc(C(F)(F)F)c1.I. The van der Waals surface area contributed by atoms with Gasteiger partial charge in [-0.2, -0.15) is 18.3 Å². The first kappa shape index (κ1) is 23.1. The Balaban J connectivity index is 0.00000364. The standard InChI is InChI=1S/C17H22F3N5O.HI/c1-21-16(22-7-3-10-25-11-4-8-24-25)23-9-12-26-15-6-2-5-14(13-15)17(18,19)20;/h2,4-6,8,11,13H,3,7,9-10,12H2,1H3,(H2,21,22,23);1H. The van der Waals surface area contributed by atoms with Gasteiger partial charge in [-0.25, -0.2) is 0 Å². The molecule has 6 nitrogen and oxygen atoms in total.